The van der Waals surface area contributed by atoms with Gasteiger partial charge in [-0.2, -0.15) is 0 Å². The maximum Gasteiger partial charge on any atom is 0.273 e. The summed E-state index contributed by atoms with van der Waals surface area (Å²) in [6.07, 6.45) is 0.495. The van der Waals surface area contributed by atoms with Crippen LogP contribution in [-0.2, 0) is 11.2 Å². The van der Waals surface area contributed by atoms with E-state index in [1.807, 2.05) is 13.8 Å². The number of H-pyrrole nitrogens is 1. The number of rotatable bonds is 6. The molecule has 0 spiro atoms. The monoisotopic (exact) mass is 330 g/mol. The van der Waals surface area contributed by atoms with Gasteiger partial charge in [0.15, 0.2) is 5.82 Å². The van der Waals surface area contributed by atoms with Crippen molar-refractivity contribution in [2.45, 2.75) is 32.7 Å². The zero-order valence-corrected chi connectivity index (χ0v) is 14.4. The van der Waals surface area contributed by atoms with E-state index in [-0.39, 0.29) is 36.0 Å². The number of carbonyl (C=O) groups is 1. The second-order valence-corrected chi connectivity index (χ2v) is 5.78. The molecule has 0 saturated heterocycles. The first-order chi connectivity index (χ1) is 11.4. The van der Waals surface area contributed by atoms with E-state index in [0.717, 1.165) is 11.3 Å². The van der Waals surface area contributed by atoms with Gasteiger partial charge in [-0.3, -0.25) is 9.59 Å². The average molecular weight is 330 g/mol. The van der Waals surface area contributed by atoms with Crippen LogP contribution >= 0.6 is 0 Å². The van der Waals surface area contributed by atoms with E-state index in [4.69, 9.17) is 4.74 Å². The van der Waals surface area contributed by atoms with Gasteiger partial charge in [-0.15, -0.1) is 10.2 Å². The molecule has 7 nitrogen and oxygen atoms in total. The lowest BCUT2D eigenvalue weighted by atomic mass is 10.2. The van der Waals surface area contributed by atoms with Crippen molar-refractivity contribution in [3.63, 3.8) is 0 Å². The quantitative estimate of drug-likeness (QED) is 0.870. The third-order valence-electron chi connectivity index (χ3n) is 3.87. The normalized spacial score (nSPS) is 10.7. The highest BCUT2D eigenvalue weighted by Crippen LogP contribution is 2.17. The molecule has 0 aliphatic rings. The molecule has 1 amide bonds. The highest BCUT2D eigenvalue weighted by molar-refractivity contribution is 5.76. The summed E-state index contributed by atoms with van der Waals surface area (Å²) in [5.41, 5.74) is 0.677. The standard InChI is InChI=1S/C17H22N4O3/c1-11(2)21(3)15(22)10-9-14-17(23)18-16(20-19-14)12-5-7-13(24-4)8-6-12/h5-8,11H,9-10H2,1-4H3,(H,18,20,23). The van der Waals surface area contributed by atoms with Gasteiger partial charge in [-0.25, -0.2) is 0 Å². The van der Waals surface area contributed by atoms with Gasteiger partial charge in [0.2, 0.25) is 5.91 Å². The minimum Gasteiger partial charge on any atom is -0.497 e. The van der Waals surface area contributed by atoms with Crippen LogP contribution in [-0.4, -0.2) is 46.2 Å². The molecule has 1 N–H and O–H groups in total. The first kappa shape index (κ1) is 17.7. The Morgan fingerprint density at radius 2 is 1.92 bits per heavy atom. The second-order valence-electron chi connectivity index (χ2n) is 5.78. The number of hydrogen-bond acceptors (Lipinski definition) is 5. The molecular formula is C17H22N4O3. The zero-order valence-electron chi connectivity index (χ0n) is 14.4. The van der Waals surface area contributed by atoms with Crippen molar-refractivity contribution < 1.29 is 9.53 Å². The molecule has 0 aliphatic heterocycles. The van der Waals surface area contributed by atoms with E-state index in [1.54, 1.807) is 43.3 Å². The summed E-state index contributed by atoms with van der Waals surface area (Å²) in [5, 5.41) is 8.03. The third kappa shape index (κ3) is 4.18. The Balaban J connectivity index is 2.09. The topological polar surface area (TPSA) is 88.2 Å². The molecule has 2 aromatic rings. The minimum absolute atomic E-state index is 0.0227. The van der Waals surface area contributed by atoms with E-state index in [9.17, 15) is 9.59 Å². The van der Waals surface area contributed by atoms with Crippen molar-refractivity contribution in [1.29, 1.82) is 0 Å². The smallest absolute Gasteiger partial charge is 0.273 e. The molecule has 0 saturated carbocycles. The lowest BCUT2D eigenvalue weighted by Crippen LogP contribution is -2.33. The molecule has 7 heteroatoms. The lowest BCUT2D eigenvalue weighted by Gasteiger charge is -2.21. The first-order valence-corrected chi connectivity index (χ1v) is 7.78. The maximum atomic E-state index is 12.1. The number of aryl methyl sites for hydroxylation is 1. The number of hydrogen-bond donors (Lipinski definition) is 1. The molecule has 0 atom stereocenters. The second kappa shape index (κ2) is 7.72. The maximum absolute atomic E-state index is 12.1. The Morgan fingerprint density at radius 1 is 1.25 bits per heavy atom. The highest BCUT2D eigenvalue weighted by Gasteiger charge is 2.14. The molecule has 0 fully saturated rings. The van der Waals surface area contributed by atoms with Crippen LogP contribution in [0.5, 0.6) is 5.75 Å². The van der Waals surface area contributed by atoms with Crippen LogP contribution in [0.15, 0.2) is 29.1 Å². The van der Waals surface area contributed by atoms with E-state index >= 15 is 0 Å². The van der Waals surface area contributed by atoms with Crippen LogP contribution < -0.4 is 10.3 Å². The van der Waals surface area contributed by atoms with E-state index in [0.29, 0.717) is 5.82 Å². The molecule has 0 aliphatic carbocycles. The molecule has 24 heavy (non-hydrogen) atoms. The minimum atomic E-state index is -0.323. The van der Waals surface area contributed by atoms with Crippen molar-refractivity contribution in [1.82, 2.24) is 20.1 Å². The molecule has 1 aromatic carbocycles. The van der Waals surface area contributed by atoms with Crippen LogP contribution in [0, 0.1) is 0 Å². The Bertz CT molecular complexity index is 753. The number of nitrogens with zero attached hydrogens (tertiary/aromatic N) is 3. The van der Waals surface area contributed by atoms with E-state index < -0.39 is 0 Å². The summed E-state index contributed by atoms with van der Waals surface area (Å²) in [6, 6.07) is 7.27. The highest BCUT2D eigenvalue weighted by atomic mass is 16.5. The number of amides is 1. The number of methoxy groups -OCH3 is 1. The number of ether oxygens (including phenoxy) is 1. The molecule has 2 rings (SSSR count). The Labute approximate surface area is 140 Å². The van der Waals surface area contributed by atoms with Crippen LogP contribution in [0.2, 0.25) is 0 Å². The molecule has 0 bridgehead atoms. The van der Waals surface area contributed by atoms with Crippen LogP contribution in [0.1, 0.15) is 26.0 Å². The van der Waals surface area contributed by atoms with Crippen LogP contribution in [0.3, 0.4) is 0 Å². The predicted octanol–water partition coefficient (Wildman–Crippen LogP) is 1.64. The summed E-state index contributed by atoms with van der Waals surface area (Å²) in [7, 11) is 3.33. The first-order valence-electron chi connectivity index (χ1n) is 7.78. The lowest BCUT2D eigenvalue weighted by molar-refractivity contribution is -0.131. The third-order valence-corrected chi connectivity index (χ3v) is 3.87. The largest absolute Gasteiger partial charge is 0.497 e. The molecule has 1 heterocycles. The number of nitrogens with one attached hydrogen (secondary N) is 1. The van der Waals surface area contributed by atoms with Gasteiger partial charge in [0.1, 0.15) is 11.4 Å². The van der Waals surface area contributed by atoms with Gasteiger partial charge in [0.25, 0.3) is 5.56 Å². The summed E-state index contributed by atoms with van der Waals surface area (Å²) in [4.78, 5) is 28.5. The number of carbonyl (C=O) groups excluding carboxylic acids is 1. The summed E-state index contributed by atoms with van der Waals surface area (Å²) in [5.74, 6) is 1.08. The van der Waals surface area contributed by atoms with Gasteiger partial charge < -0.3 is 14.6 Å². The van der Waals surface area contributed by atoms with E-state index in [1.165, 1.54) is 0 Å². The fourth-order valence-electron chi connectivity index (χ4n) is 2.09. The van der Waals surface area contributed by atoms with Crippen molar-refractivity contribution in [2.24, 2.45) is 0 Å². The fraction of sp³-hybridized carbons (Fsp3) is 0.412. The Hall–Kier alpha value is -2.70. The SMILES string of the molecule is COc1ccc(-c2nnc(CCC(=O)N(C)C(C)C)c(=O)[nH]2)cc1. The fourth-order valence-corrected chi connectivity index (χ4v) is 2.09. The number of aromatic nitrogens is 3. The average Bonchev–Trinajstić information content (AvgIpc) is 2.59. The molecule has 1 aromatic heterocycles. The number of benzene rings is 1. The summed E-state index contributed by atoms with van der Waals surface area (Å²) >= 11 is 0. The molecular weight excluding hydrogens is 308 g/mol. The Kier molecular flexibility index (Phi) is 5.68. The molecule has 128 valence electrons. The van der Waals surface area contributed by atoms with Crippen molar-refractivity contribution in [2.75, 3.05) is 14.2 Å². The van der Waals surface area contributed by atoms with Gasteiger partial charge in [0.05, 0.1) is 7.11 Å². The van der Waals surface area contributed by atoms with Gasteiger partial charge in [-0.05, 0) is 38.1 Å². The Morgan fingerprint density at radius 3 is 2.46 bits per heavy atom. The van der Waals surface area contributed by atoms with Gasteiger partial charge in [0, 0.05) is 31.5 Å². The van der Waals surface area contributed by atoms with Crippen molar-refractivity contribution in [3.8, 4) is 17.1 Å². The predicted molar refractivity (Wildman–Crippen MR) is 90.9 cm³/mol. The van der Waals surface area contributed by atoms with E-state index in [2.05, 4.69) is 15.2 Å². The number of aromatic amines is 1. The van der Waals surface area contributed by atoms with Gasteiger partial charge >= 0.3 is 0 Å². The van der Waals surface area contributed by atoms with Crippen molar-refractivity contribution >= 4 is 5.91 Å². The van der Waals surface area contributed by atoms with Crippen LogP contribution in [0.25, 0.3) is 11.4 Å². The summed E-state index contributed by atoms with van der Waals surface area (Å²) < 4.78 is 5.09. The molecule has 0 unspecified atom stereocenters. The van der Waals surface area contributed by atoms with Crippen LogP contribution in [0.4, 0.5) is 0 Å². The summed E-state index contributed by atoms with van der Waals surface area (Å²) in [6.45, 7) is 3.88. The van der Waals surface area contributed by atoms with Gasteiger partial charge in [-0.1, -0.05) is 0 Å². The zero-order chi connectivity index (χ0) is 17.7. The van der Waals surface area contributed by atoms with Crippen molar-refractivity contribution in [3.05, 3.63) is 40.3 Å². The molecule has 0 radical (unpaired) electrons.